The van der Waals surface area contributed by atoms with Crippen molar-refractivity contribution in [3.05, 3.63) is 59.8 Å². The van der Waals surface area contributed by atoms with Crippen LogP contribution in [0.5, 0.6) is 0 Å². The lowest BCUT2D eigenvalue weighted by Gasteiger charge is -2.25. The molecule has 0 radical (unpaired) electrons. The Morgan fingerprint density at radius 2 is 1.80 bits per heavy atom. The third kappa shape index (κ3) is 6.19. The number of benzene rings is 1. The van der Waals surface area contributed by atoms with Gasteiger partial charge < -0.3 is 15.7 Å². The van der Waals surface area contributed by atoms with Gasteiger partial charge in [0.05, 0.1) is 0 Å². The minimum Gasteiger partial charge on any atom is -0.477 e. The summed E-state index contributed by atoms with van der Waals surface area (Å²) in [7, 11) is 0. The van der Waals surface area contributed by atoms with Crippen LogP contribution in [-0.2, 0) is 0 Å². The highest BCUT2D eigenvalue weighted by atomic mass is 16.4. The monoisotopic (exact) mass is 341 g/mol. The van der Waals surface area contributed by atoms with Crippen molar-refractivity contribution in [1.82, 2.24) is 10.3 Å². The molecule has 0 saturated heterocycles. The van der Waals surface area contributed by atoms with Crippen LogP contribution in [0.4, 0.5) is 5.82 Å². The van der Waals surface area contributed by atoms with E-state index in [2.05, 4.69) is 48.5 Å². The molecule has 5 nitrogen and oxygen atoms in total. The summed E-state index contributed by atoms with van der Waals surface area (Å²) in [6, 6.07) is 15.8. The minimum absolute atomic E-state index is 0.0519. The summed E-state index contributed by atoms with van der Waals surface area (Å²) in [6.45, 7) is 7.24. The molecule has 2 aromatic rings. The van der Waals surface area contributed by atoms with Crippen molar-refractivity contribution in [2.75, 3.05) is 11.9 Å². The SMILES string of the molecule is CC(C)CC(CNc1cccc(C(=O)O)n1)NC(C)c1ccccc1. The first-order chi connectivity index (χ1) is 12.0. The highest BCUT2D eigenvalue weighted by molar-refractivity contribution is 5.85. The zero-order chi connectivity index (χ0) is 18.2. The smallest absolute Gasteiger partial charge is 0.354 e. The highest BCUT2D eigenvalue weighted by Crippen LogP contribution is 2.15. The zero-order valence-corrected chi connectivity index (χ0v) is 15.1. The number of aromatic carboxylic acids is 1. The minimum atomic E-state index is -1.02. The standard InChI is InChI=1S/C20H27N3O2/c1-14(2)12-17(22-15(3)16-8-5-4-6-9-16)13-21-19-11-7-10-18(23-19)20(24)25/h4-11,14-15,17,22H,12-13H2,1-3H3,(H,21,23)(H,24,25). The molecule has 0 fully saturated rings. The van der Waals surface area contributed by atoms with Crippen LogP contribution in [0, 0.1) is 5.92 Å². The topological polar surface area (TPSA) is 74.2 Å². The summed E-state index contributed by atoms with van der Waals surface area (Å²) < 4.78 is 0. The molecular formula is C20H27N3O2. The Labute approximate surface area is 149 Å². The lowest BCUT2D eigenvalue weighted by Crippen LogP contribution is -2.38. The van der Waals surface area contributed by atoms with Gasteiger partial charge in [-0.2, -0.15) is 0 Å². The van der Waals surface area contributed by atoms with Crippen molar-refractivity contribution < 1.29 is 9.90 Å². The number of hydrogen-bond donors (Lipinski definition) is 3. The number of nitrogens with zero attached hydrogens (tertiary/aromatic N) is 1. The van der Waals surface area contributed by atoms with E-state index in [-0.39, 0.29) is 17.8 Å². The van der Waals surface area contributed by atoms with E-state index >= 15 is 0 Å². The molecule has 0 saturated carbocycles. The second kappa shape index (κ2) is 9.18. The Balaban J connectivity index is 2.00. The van der Waals surface area contributed by atoms with E-state index in [9.17, 15) is 4.79 Å². The number of pyridine rings is 1. The molecule has 1 aromatic carbocycles. The largest absolute Gasteiger partial charge is 0.477 e. The number of carboxylic acids is 1. The number of aromatic nitrogens is 1. The molecule has 0 bridgehead atoms. The fraction of sp³-hybridized carbons (Fsp3) is 0.400. The van der Waals surface area contributed by atoms with Gasteiger partial charge in [-0.05, 0) is 37.0 Å². The Hall–Kier alpha value is -2.40. The predicted molar refractivity (Wildman–Crippen MR) is 101 cm³/mol. The van der Waals surface area contributed by atoms with Gasteiger partial charge in [0.15, 0.2) is 5.69 Å². The van der Waals surface area contributed by atoms with E-state index in [4.69, 9.17) is 5.11 Å². The van der Waals surface area contributed by atoms with Gasteiger partial charge in [-0.1, -0.05) is 50.2 Å². The molecule has 1 heterocycles. The van der Waals surface area contributed by atoms with Gasteiger partial charge >= 0.3 is 5.97 Å². The molecule has 25 heavy (non-hydrogen) atoms. The molecule has 0 aliphatic rings. The van der Waals surface area contributed by atoms with E-state index in [0.717, 1.165) is 6.42 Å². The van der Waals surface area contributed by atoms with Crippen LogP contribution in [0.25, 0.3) is 0 Å². The molecule has 2 atom stereocenters. The van der Waals surface area contributed by atoms with Crippen molar-refractivity contribution in [2.45, 2.75) is 39.3 Å². The maximum Gasteiger partial charge on any atom is 0.354 e. The van der Waals surface area contributed by atoms with Gasteiger partial charge in [-0.25, -0.2) is 9.78 Å². The number of rotatable bonds is 9. The number of carbonyl (C=O) groups is 1. The van der Waals surface area contributed by atoms with Crippen molar-refractivity contribution in [1.29, 1.82) is 0 Å². The number of hydrogen-bond acceptors (Lipinski definition) is 4. The molecule has 3 N–H and O–H groups in total. The summed E-state index contributed by atoms with van der Waals surface area (Å²) in [5.41, 5.74) is 1.30. The van der Waals surface area contributed by atoms with Gasteiger partial charge in [0.25, 0.3) is 0 Å². The van der Waals surface area contributed by atoms with Gasteiger partial charge in [0, 0.05) is 18.6 Å². The summed E-state index contributed by atoms with van der Waals surface area (Å²) in [5.74, 6) is 0.126. The Bertz CT molecular complexity index is 674. The lowest BCUT2D eigenvalue weighted by molar-refractivity contribution is 0.0690. The molecule has 2 rings (SSSR count). The fourth-order valence-electron chi connectivity index (χ4n) is 2.85. The lowest BCUT2D eigenvalue weighted by atomic mass is 10.0. The van der Waals surface area contributed by atoms with E-state index in [1.807, 2.05) is 18.2 Å². The van der Waals surface area contributed by atoms with Crippen molar-refractivity contribution in [2.24, 2.45) is 5.92 Å². The Morgan fingerprint density at radius 1 is 1.08 bits per heavy atom. The zero-order valence-electron chi connectivity index (χ0n) is 15.1. The maximum atomic E-state index is 11.0. The van der Waals surface area contributed by atoms with Gasteiger partial charge in [0.2, 0.25) is 0 Å². The van der Waals surface area contributed by atoms with Crippen molar-refractivity contribution >= 4 is 11.8 Å². The summed E-state index contributed by atoms with van der Waals surface area (Å²) in [5, 5.41) is 16.0. The second-order valence-electron chi connectivity index (χ2n) is 6.72. The van der Waals surface area contributed by atoms with Gasteiger partial charge in [-0.3, -0.25) is 0 Å². The van der Waals surface area contributed by atoms with E-state index in [1.54, 1.807) is 12.1 Å². The van der Waals surface area contributed by atoms with Crippen LogP contribution in [0.3, 0.4) is 0 Å². The van der Waals surface area contributed by atoms with Crippen LogP contribution in [-0.4, -0.2) is 28.6 Å². The molecule has 134 valence electrons. The summed E-state index contributed by atoms with van der Waals surface area (Å²) in [4.78, 5) is 15.2. The van der Waals surface area contributed by atoms with Gasteiger partial charge in [0.1, 0.15) is 5.82 Å². The molecule has 2 unspecified atom stereocenters. The van der Waals surface area contributed by atoms with E-state index < -0.39 is 5.97 Å². The van der Waals surface area contributed by atoms with Crippen molar-refractivity contribution in [3.63, 3.8) is 0 Å². The third-order valence-corrected chi connectivity index (χ3v) is 4.04. The Morgan fingerprint density at radius 3 is 2.44 bits per heavy atom. The van der Waals surface area contributed by atoms with Crippen LogP contribution in [0.2, 0.25) is 0 Å². The summed E-state index contributed by atoms with van der Waals surface area (Å²) in [6.07, 6.45) is 1.02. The van der Waals surface area contributed by atoms with E-state index in [1.165, 1.54) is 11.6 Å². The fourth-order valence-corrected chi connectivity index (χ4v) is 2.85. The first kappa shape index (κ1) is 18.9. The van der Waals surface area contributed by atoms with Crippen LogP contribution in [0.15, 0.2) is 48.5 Å². The molecule has 1 aromatic heterocycles. The van der Waals surface area contributed by atoms with Crippen molar-refractivity contribution in [3.8, 4) is 0 Å². The van der Waals surface area contributed by atoms with Crippen LogP contribution in [0.1, 0.15) is 49.3 Å². The first-order valence-corrected chi connectivity index (χ1v) is 8.71. The molecule has 0 spiro atoms. The Kier molecular flexibility index (Phi) is 6.95. The molecule has 5 heteroatoms. The van der Waals surface area contributed by atoms with Gasteiger partial charge in [-0.15, -0.1) is 0 Å². The average Bonchev–Trinajstić information content (AvgIpc) is 2.60. The van der Waals surface area contributed by atoms with E-state index in [0.29, 0.717) is 18.3 Å². The van der Waals surface area contributed by atoms with Crippen LogP contribution < -0.4 is 10.6 Å². The molecule has 0 amide bonds. The molecule has 0 aliphatic carbocycles. The number of anilines is 1. The van der Waals surface area contributed by atoms with Crippen LogP contribution >= 0.6 is 0 Å². The quantitative estimate of drug-likeness (QED) is 0.644. The number of carboxylic acid groups (broad SMARTS) is 1. The average molecular weight is 341 g/mol. The number of nitrogens with one attached hydrogen (secondary N) is 2. The molecular weight excluding hydrogens is 314 g/mol. The molecule has 0 aliphatic heterocycles. The normalized spacial score (nSPS) is 13.4. The predicted octanol–water partition coefficient (Wildman–Crippen LogP) is 3.96. The third-order valence-electron chi connectivity index (χ3n) is 4.04. The highest BCUT2D eigenvalue weighted by Gasteiger charge is 2.15. The second-order valence-corrected chi connectivity index (χ2v) is 6.72. The maximum absolute atomic E-state index is 11.0. The first-order valence-electron chi connectivity index (χ1n) is 8.71. The summed E-state index contributed by atoms with van der Waals surface area (Å²) >= 11 is 0.